The van der Waals surface area contributed by atoms with E-state index in [4.69, 9.17) is 9.47 Å². The van der Waals surface area contributed by atoms with Gasteiger partial charge in [-0.3, -0.25) is 4.79 Å². The first kappa shape index (κ1) is 12.0. The van der Waals surface area contributed by atoms with Crippen molar-refractivity contribution in [2.45, 2.75) is 12.6 Å². The van der Waals surface area contributed by atoms with E-state index in [1.165, 1.54) is 0 Å². The Kier molecular flexibility index (Phi) is 3.37. The minimum absolute atomic E-state index is 0.152. The lowest BCUT2D eigenvalue weighted by Gasteiger charge is -2.25. The molecule has 1 unspecified atom stereocenters. The van der Waals surface area contributed by atoms with E-state index >= 15 is 0 Å². The summed E-state index contributed by atoms with van der Waals surface area (Å²) in [5.41, 5.74) is 1.09. The lowest BCUT2D eigenvalue weighted by molar-refractivity contribution is -0.130. The Morgan fingerprint density at radius 2 is 2.16 bits per heavy atom. The van der Waals surface area contributed by atoms with Crippen molar-refractivity contribution in [1.29, 1.82) is 0 Å². The molecule has 98 valence electrons. The van der Waals surface area contributed by atoms with E-state index in [0.717, 1.165) is 5.56 Å². The van der Waals surface area contributed by atoms with Crippen LogP contribution in [0.2, 0.25) is 0 Å². The molecule has 1 aromatic carbocycles. The summed E-state index contributed by atoms with van der Waals surface area (Å²) in [5.74, 6) is 1.15. The fourth-order valence-corrected chi connectivity index (χ4v) is 2.51. The second-order valence-electron chi connectivity index (χ2n) is 4.21. The maximum atomic E-state index is 12.0. The Bertz CT molecular complexity index is 568. The van der Waals surface area contributed by atoms with E-state index in [2.05, 4.69) is 5.32 Å². The number of carbonyl (C=O) groups excluding carboxylic acids is 1. The molecule has 19 heavy (non-hydrogen) atoms. The Balaban J connectivity index is 1.60. The number of thiophene rings is 1. The SMILES string of the molecule is O=C(NCc1ccsc1)C1COc2ccccc2O1. The van der Waals surface area contributed by atoms with Crippen LogP contribution in [0.15, 0.2) is 41.1 Å². The maximum absolute atomic E-state index is 12.0. The highest BCUT2D eigenvalue weighted by Crippen LogP contribution is 2.30. The maximum Gasteiger partial charge on any atom is 0.264 e. The van der Waals surface area contributed by atoms with E-state index < -0.39 is 6.10 Å². The van der Waals surface area contributed by atoms with Gasteiger partial charge in [-0.2, -0.15) is 11.3 Å². The molecule has 2 heterocycles. The predicted octanol–water partition coefficient (Wildman–Crippen LogP) is 2.20. The molecule has 0 saturated carbocycles. The summed E-state index contributed by atoms with van der Waals surface area (Å²) in [5, 5.41) is 6.84. The van der Waals surface area contributed by atoms with Crippen LogP contribution in [-0.4, -0.2) is 18.6 Å². The normalized spacial score (nSPS) is 16.9. The van der Waals surface area contributed by atoms with Gasteiger partial charge in [0.15, 0.2) is 11.5 Å². The smallest absolute Gasteiger partial charge is 0.264 e. The van der Waals surface area contributed by atoms with Crippen LogP contribution in [0, 0.1) is 0 Å². The molecule has 1 aliphatic rings. The first-order chi connectivity index (χ1) is 9.33. The number of benzene rings is 1. The van der Waals surface area contributed by atoms with Crippen molar-refractivity contribution in [3.8, 4) is 11.5 Å². The highest BCUT2D eigenvalue weighted by molar-refractivity contribution is 7.07. The fraction of sp³-hybridized carbons (Fsp3) is 0.214. The second-order valence-corrected chi connectivity index (χ2v) is 4.99. The van der Waals surface area contributed by atoms with Crippen LogP contribution in [0.3, 0.4) is 0 Å². The van der Waals surface area contributed by atoms with Gasteiger partial charge in [0.2, 0.25) is 6.10 Å². The van der Waals surface area contributed by atoms with Gasteiger partial charge in [0.1, 0.15) is 6.61 Å². The Hall–Kier alpha value is -2.01. The molecular formula is C14H13NO3S. The zero-order valence-electron chi connectivity index (χ0n) is 10.2. The molecule has 1 atom stereocenters. The van der Waals surface area contributed by atoms with E-state index in [1.807, 2.05) is 35.0 Å². The molecule has 1 aliphatic heterocycles. The monoisotopic (exact) mass is 275 g/mol. The predicted molar refractivity (Wildman–Crippen MR) is 72.5 cm³/mol. The van der Waals surface area contributed by atoms with Gasteiger partial charge in [-0.05, 0) is 34.5 Å². The largest absolute Gasteiger partial charge is 0.485 e. The number of ether oxygens (including phenoxy) is 2. The standard InChI is InChI=1S/C14H13NO3S/c16-14(15-7-10-5-6-19-9-10)13-8-17-11-3-1-2-4-12(11)18-13/h1-6,9,13H,7-8H2,(H,15,16). The van der Waals surface area contributed by atoms with E-state index in [1.54, 1.807) is 17.4 Å². The summed E-state index contributed by atoms with van der Waals surface area (Å²) in [6, 6.07) is 9.34. The summed E-state index contributed by atoms with van der Waals surface area (Å²) >= 11 is 1.61. The summed E-state index contributed by atoms with van der Waals surface area (Å²) in [6.45, 7) is 0.760. The van der Waals surface area contributed by atoms with Gasteiger partial charge >= 0.3 is 0 Å². The number of hydrogen-bond acceptors (Lipinski definition) is 4. The molecule has 4 nitrogen and oxygen atoms in total. The van der Waals surface area contributed by atoms with Crippen molar-refractivity contribution in [2.24, 2.45) is 0 Å². The van der Waals surface area contributed by atoms with Gasteiger partial charge in [-0.1, -0.05) is 12.1 Å². The lowest BCUT2D eigenvalue weighted by Crippen LogP contribution is -2.43. The van der Waals surface area contributed by atoms with Crippen LogP contribution in [-0.2, 0) is 11.3 Å². The molecular weight excluding hydrogens is 262 g/mol. The first-order valence-corrected chi connectivity index (χ1v) is 6.94. The summed E-state index contributed by atoms with van der Waals surface area (Å²) < 4.78 is 11.1. The molecule has 0 aliphatic carbocycles. The molecule has 0 bridgehead atoms. The number of hydrogen-bond donors (Lipinski definition) is 1. The van der Waals surface area contributed by atoms with Gasteiger partial charge in [0.25, 0.3) is 5.91 Å². The van der Waals surface area contributed by atoms with Gasteiger partial charge < -0.3 is 14.8 Å². The van der Waals surface area contributed by atoms with Crippen LogP contribution >= 0.6 is 11.3 Å². The third-order valence-corrected chi connectivity index (χ3v) is 3.58. The summed E-state index contributed by atoms with van der Waals surface area (Å²) in [7, 11) is 0. The van der Waals surface area contributed by atoms with Crippen LogP contribution in [0.25, 0.3) is 0 Å². The van der Waals surface area contributed by atoms with Crippen molar-refractivity contribution < 1.29 is 14.3 Å². The van der Waals surface area contributed by atoms with Crippen LogP contribution in [0.1, 0.15) is 5.56 Å². The van der Waals surface area contributed by atoms with Gasteiger partial charge in [0, 0.05) is 6.54 Å². The minimum Gasteiger partial charge on any atom is -0.485 e. The van der Waals surface area contributed by atoms with Crippen molar-refractivity contribution in [1.82, 2.24) is 5.32 Å². The quantitative estimate of drug-likeness (QED) is 0.934. The number of nitrogens with one attached hydrogen (secondary N) is 1. The highest BCUT2D eigenvalue weighted by Gasteiger charge is 2.26. The zero-order chi connectivity index (χ0) is 13.1. The van der Waals surface area contributed by atoms with Crippen LogP contribution < -0.4 is 14.8 Å². The molecule has 5 heteroatoms. The van der Waals surface area contributed by atoms with Crippen molar-refractivity contribution >= 4 is 17.2 Å². The highest BCUT2D eigenvalue weighted by atomic mass is 32.1. The minimum atomic E-state index is -0.589. The summed E-state index contributed by atoms with van der Waals surface area (Å²) in [4.78, 5) is 12.0. The van der Waals surface area contributed by atoms with Crippen molar-refractivity contribution in [3.63, 3.8) is 0 Å². The van der Waals surface area contributed by atoms with Crippen molar-refractivity contribution in [2.75, 3.05) is 6.61 Å². The van der Waals surface area contributed by atoms with Crippen LogP contribution in [0.5, 0.6) is 11.5 Å². The first-order valence-electron chi connectivity index (χ1n) is 6.00. The zero-order valence-corrected chi connectivity index (χ0v) is 11.0. The number of amides is 1. The van der Waals surface area contributed by atoms with Gasteiger partial charge in [-0.15, -0.1) is 0 Å². The third-order valence-electron chi connectivity index (χ3n) is 2.85. The average Bonchev–Trinajstić information content (AvgIpc) is 2.97. The Morgan fingerprint density at radius 3 is 2.95 bits per heavy atom. The molecule has 0 saturated heterocycles. The molecule has 1 N–H and O–H groups in total. The molecule has 3 rings (SSSR count). The topological polar surface area (TPSA) is 47.6 Å². The number of para-hydroxylation sites is 2. The lowest BCUT2D eigenvalue weighted by atomic mass is 10.2. The second kappa shape index (κ2) is 5.32. The number of carbonyl (C=O) groups is 1. The van der Waals surface area contributed by atoms with E-state index in [0.29, 0.717) is 18.0 Å². The third kappa shape index (κ3) is 2.71. The van der Waals surface area contributed by atoms with Crippen LogP contribution in [0.4, 0.5) is 0 Å². The van der Waals surface area contributed by atoms with Gasteiger partial charge in [-0.25, -0.2) is 0 Å². The molecule has 0 radical (unpaired) electrons. The van der Waals surface area contributed by atoms with Gasteiger partial charge in [0.05, 0.1) is 0 Å². The van der Waals surface area contributed by atoms with Crippen molar-refractivity contribution in [3.05, 3.63) is 46.7 Å². The Labute approximate surface area is 115 Å². The molecule has 0 fully saturated rings. The molecule has 0 spiro atoms. The average molecular weight is 275 g/mol. The van der Waals surface area contributed by atoms with E-state index in [9.17, 15) is 4.79 Å². The fourth-order valence-electron chi connectivity index (χ4n) is 1.84. The molecule has 1 aromatic heterocycles. The Morgan fingerprint density at radius 1 is 1.32 bits per heavy atom. The summed E-state index contributed by atoms with van der Waals surface area (Å²) in [6.07, 6.45) is -0.589. The molecule has 2 aromatic rings. The van der Waals surface area contributed by atoms with E-state index in [-0.39, 0.29) is 12.5 Å². The number of rotatable bonds is 3. The number of fused-ring (bicyclic) bond motifs is 1. The molecule has 1 amide bonds.